The van der Waals surface area contributed by atoms with Gasteiger partial charge in [-0.15, -0.1) is 0 Å². The van der Waals surface area contributed by atoms with Gasteiger partial charge < -0.3 is 48.2 Å². The summed E-state index contributed by atoms with van der Waals surface area (Å²) in [6.45, 7) is 2.59. The van der Waals surface area contributed by atoms with Crippen molar-refractivity contribution in [3.63, 3.8) is 0 Å². The maximum absolute atomic E-state index is 12.8. The molecule has 3 heterocycles. The Kier molecular flexibility index (Phi) is 5.43. The van der Waals surface area contributed by atoms with E-state index in [0.717, 1.165) is 19.1 Å². The first-order chi connectivity index (χ1) is 17.0. The van der Waals surface area contributed by atoms with Gasteiger partial charge in [0.15, 0.2) is 28.8 Å². The van der Waals surface area contributed by atoms with Crippen molar-refractivity contribution in [3.05, 3.63) is 33.0 Å². The van der Waals surface area contributed by atoms with Gasteiger partial charge in [0.05, 0.1) is 24.0 Å². The quantitative estimate of drug-likeness (QED) is 0.172. The summed E-state index contributed by atoms with van der Waals surface area (Å²) in [4.78, 5) is 36.9. The van der Waals surface area contributed by atoms with Crippen LogP contribution >= 0.6 is 0 Å². The van der Waals surface area contributed by atoms with E-state index in [1.165, 1.54) is 14.0 Å². The summed E-state index contributed by atoms with van der Waals surface area (Å²) >= 11 is 0. The first-order valence-corrected chi connectivity index (χ1v) is 10.7. The van der Waals surface area contributed by atoms with Gasteiger partial charge in [0.25, 0.3) is 0 Å². The molecule has 13 heteroatoms. The standard InChI is InChI=1S/C23H20O13/c1-6-16(33-7(2)24)14(27)15(28)23(32-6)36-18-11(26)5-9-13-12-8(22(30)35-20(13)18)4-10(25)17(31-3)19(12)34-21(9)29/h4-6,14-16,23,25-28H,1-3H3/t6-,14-,15+,16-,23+/m0/s1. The maximum Gasteiger partial charge on any atom is 0.344 e. The van der Waals surface area contributed by atoms with Crippen molar-refractivity contribution in [1.82, 2.24) is 0 Å². The minimum absolute atomic E-state index is 0.0126. The average molecular weight is 504 g/mol. The van der Waals surface area contributed by atoms with Crippen LogP contribution in [-0.4, -0.2) is 64.2 Å². The van der Waals surface area contributed by atoms with Gasteiger partial charge in [-0.05, 0) is 19.1 Å². The molecule has 1 aliphatic heterocycles. The van der Waals surface area contributed by atoms with Crippen LogP contribution in [0.2, 0.25) is 0 Å². The summed E-state index contributed by atoms with van der Waals surface area (Å²) in [5.41, 5.74) is -2.52. The van der Waals surface area contributed by atoms with Crippen molar-refractivity contribution in [1.29, 1.82) is 0 Å². The van der Waals surface area contributed by atoms with Crippen LogP contribution in [0.4, 0.5) is 0 Å². The number of rotatable bonds is 4. The normalized spacial score (nSPS) is 24.4. The molecule has 4 N–H and O–H groups in total. The zero-order chi connectivity index (χ0) is 26.0. The lowest BCUT2D eigenvalue weighted by Crippen LogP contribution is -2.59. The molecule has 5 rings (SSSR count). The molecule has 0 amide bonds. The predicted molar refractivity (Wildman–Crippen MR) is 120 cm³/mol. The number of aliphatic hydroxyl groups excluding tert-OH is 2. The van der Waals surface area contributed by atoms with Crippen molar-refractivity contribution < 1.29 is 53.0 Å². The third-order valence-electron chi connectivity index (χ3n) is 6.03. The van der Waals surface area contributed by atoms with Crippen LogP contribution in [0.3, 0.4) is 0 Å². The second-order valence-corrected chi connectivity index (χ2v) is 8.32. The largest absolute Gasteiger partial charge is 0.504 e. The van der Waals surface area contributed by atoms with Crippen molar-refractivity contribution >= 4 is 38.7 Å². The molecule has 2 aromatic carbocycles. The molecular weight excluding hydrogens is 484 g/mol. The Bertz CT molecular complexity index is 1620. The fourth-order valence-corrected chi connectivity index (χ4v) is 4.45. The lowest BCUT2D eigenvalue weighted by molar-refractivity contribution is -0.272. The van der Waals surface area contributed by atoms with Gasteiger partial charge in [-0.3, -0.25) is 4.79 Å². The van der Waals surface area contributed by atoms with E-state index in [0.29, 0.717) is 0 Å². The SMILES string of the molecule is COc1c(O)cc2c(=O)oc3c(O[C@H]4O[C@@H](C)[C@H](OC(C)=O)[C@@H](O)[C@H]4O)c(O)cc4c(=O)oc1c2c34. The van der Waals surface area contributed by atoms with Crippen LogP contribution in [0.25, 0.3) is 32.7 Å². The zero-order valence-electron chi connectivity index (χ0n) is 19.0. The van der Waals surface area contributed by atoms with Crippen LogP contribution in [-0.2, 0) is 14.3 Å². The van der Waals surface area contributed by atoms with E-state index < -0.39 is 65.2 Å². The number of hydrogen-bond donors (Lipinski definition) is 4. The van der Waals surface area contributed by atoms with E-state index in [1.807, 2.05) is 0 Å². The summed E-state index contributed by atoms with van der Waals surface area (Å²) in [5.74, 6) is -2.51. The molecule has 13 nitrogen and oxygen atoms in total. The monoisotopic (exact) mass is 504 g/mol. The van der Waals surface area contributed by atoms with Crippen LogP contribution < -0.4 is 20.7 Å². The molecule has 0 bridgehead atoms. The zero-order valence-corrected chi connectivity index (χ0v) is 19.0. The smallest absolute Gasteiger partial charge is 0.344 e. The van der Waals surface area contributed by atoms with Crippen molar-refractivity contribution in [2.24, 2.45) is 0 Å². The summed E-state index contributed by atoms with van der Waals surface area (Å²) in [6.07, 6.45) is -7.11. The molecule has 0 saturated carbocycles. The first kappa shape index (κ1) is 23.7. The van der Waals surface area contributed by atoms with Gasteiger partial charge in [-0.2, -0.15) is 0 Å². The van der Waals surface area contributed by atoms with E-state index in [9.17, 15) is 34.8 Å². The number of benzene rings is 2. The van der Waals surface area contributed by atoms with Gasteiger partial charge in [0, 0.05) is 17.7 Å². The minimum atomic E-state index is -1.75. The Morgan fingerprint density at radius 1 is 0.917 bits per heavy atom. The predicted octanol–water partition coefficient (Wildman–Crippen LogP) is 0.687. The highest BCUT2D eigenvalue weighted by Gasteiger charge is 2.46. The number of carbonyl (C=O) groups is 1. The minimum Gasteiger partial charge on any atom is -0.504 e. The molecule has 1 saturated heterocycles. The molecule has 1 aliphatic rings. The van der Waals surface area contributed by atoms with Crippen LogP contribution in [0.5, 0.6) is 23.0 Å². The molecule has 0 spiro atoms. The number of phenolic OH excluding ortho intramolecular Hbond substituents is 2. The molecule has 5 atom stereocenters. The topological polar surface area (TPSA) is 195 Å². The molecule has 190 valence electrons. The molecule has 2 aromatic heterocycles. The number of phenols is 2. The van der Waals surface area contributed by atoms with Crippen LogP contribution in [0, 0.1) is 0 Å². The Labute approximate surface area is 199 Å². The van der Waals surface area contributed by atoms with Crippen LogP contribution in [0.15, 0.2) is 30.6 Å². The van der Waals surface area contributed by atoms with E-state index in [4.69, 9.17) is 27.8 Å². The lowest BCUT2D eigenvalue weighted by atomic mass is 9.99. The summed E-state index contributed by atoms with van der Waals surface area (Å²) in [6, 6.07) is 2.10. The van der Waals surface area contributed by atoms with E-state index in [-0.39, 0.29) is 38.5 Å². The second kappa shape index (κ2) is 8.26. The van der Waals surface area contributed by atoms with E-state index in [2.05, 4.69) is 0 Å². The third kappa shape index (κ3) is 3.39. The van der Waals surface area contributed by atoms with Gasteiger partial charge in [-0.1, -0.05) is 0 Å². The summed E-state index contributed by atoms with van der Waals surface area (Å²) in [5, 5.41) is 41.7. The van der Waals surface area contributed by atoms with Crippen molar-refractivity contribution in [2.45, 2.75) is 44.6 Å². The lowest BCUT2D eigenvalue weighted by Gasteiger charge is -2.40. The maximum atomic E-state index is 12.8. The number of methoxy groups -OCH3 is 1. The first-order valence-electron chi connectivity index (χ1n) is 10.7. The van der Waals surface area contributed by atoms with Crippen molar-refractivity contribution in [3.8, 4) is 23.0 Å². The Hall–Kier alpha value is -4.07. The molecule has 1 fully saturated rings. The number of carbonyl (C=O) groups excluding carboxylic acids is 1. The average Bonchev–Trinajstić information content (AvgIpc) is 2.81. The van der Waals surface area contributed by atoms with E-state index >= 15 is 0 Å². The van der Waals surface area contributed by atoms with Gasteiger partial charge in [0.1, 0.15) is 12.2 Å². The number of aliphatic hydroxyl groups is 2. The molecule has 36 heavy (non-hydrogen) atoms. The Morgan fingerprint density at radius 2 is 1.44 bits per heavy atom. The Balaban J connectivity index is 1.71. The van der Waals surface area contributed by atoms with E-state index in [1.54, 1.807) is 0 Å². The number of esters is 1. The molecule has 4 aromatic rings. The fourth-order valence-electron chi connectivity index (χ4n) is 4.45. The Morgan fingerprint density at radius 3 is 1.97 bits per heavy atom. The molecular formula is C23H20O13. The fraction of sp³-hybridized carbons (Fsp3) is 0.348. The molecule has 0 radical (unpaired) electrons. The highest BCUT2D eigenvalue weighted by atomic mass is 16.7. The van der Waals surface area contributed by atoms with Crippen LogP contribution in [0.1, 0.15) is 13.8 Å². The van der Waals surface area contributed by atoms with Crippen molar-refractivity contribution in [2.75, 3.05) is 7.11 Å². The van der Waals surface area contributed by atoms with Gasteiger partial charge in [0.2, 0.25) is 17.8 Å². The summed E-state index contributed by atoms with van der Waals surface area (Å²) < 4.78 is 32.0. The molecule has 0 aliphatic carbocycles. The highest BCUT2D eigenvalue weighted by Crippen LogP contribution is 2.46. The van der Waals surface area contributed by atoms with Gasteiger partial charge in [-0.25, -0.2) is 9.59 Å². The number of hydrogen-bond acceptors (Lipinski definition) is 13. The second-order valence-electron chi connectivity index (χ2n) is 8.32. The number of aromatic hydroxyl groups is 2. The highest BCUT2D eigenvalue weighted by molar-refractivity contribution is 6.22. The number of ether oxygens (including phenoxy) is 4. The van der Waals surface area contributed by atoms with Gasteiger partial charge >= 0.3 is 17.2 Å². The third-order valence-corrected chi connectivity index (χ3v) is 6.03. The summed E-state index contributed by atoms with van der Waals surface area (Å²) in [7, 11) is 1.23. The molecule has 0 unspecified atom stereocenters.